The zero-order valence-electron chi connectivity index (χ0n) is 15.1. The lowest BCUT2D eigenvalue weighted by molar-refractivity contribution is 0.0724. The molecule has 1 aromatic heterocycles. The lowest BCUT2D eigenvalue weighted by Gasteiger charge is -2.26. The number of nitrogens with one attached hydrogen (secondary N) is 1. The molecule has 0 unspecified atom stereocenters. The topological polar surface area (TPSA) is 67.3 Å². The number of amides is 1. The molecule has 1 aliphatic heterocycles. The van der Waals surface area contributed by atoms with Crippen LogP contribution in [0.4, 0.5) is 0 Å². The van der Waals surface area contributed by atoms with Crippen LogP contribution in [0.5, 0.6) is 0 Å². The van der Waals surface area contributed by atoms with Crippen molar-refractivity contribution in [3.63, 3.8) is 0 Å². The maximum atomic E-state index is 12.7. The van der Waals surface area contributed by atoms with Gasteiger partial charge < -0.3 is 14.6 Å². The van der Waals surface area contributed by atoms with Crippen molar-refractivity contribution in [2.45, 2.75) is 39.2 Å². The van der Waals surface area contributed by atoms with Crippen LogP contribution in [0.25, 0.3) is 10.9 Å². The highest BCUT2D eigenvalue weighted by Crippen LogP contribution is 2.16. The van der Waals surface area contributed by atoms with E-state index in [1.54, 1.807) is 22.8 Å². The van der Waals surface area contributed by atoms with Crippen molar-refractivity contribution in [1.82, 2.24) is 14.5 Å². The smallest absolute Gasteiger partial charge is 0.262 e. The third-order valence-corrected chi connectivity index (χ3v) is 5.07. The molecule has 3 rings (SSSR count). The molecule has 0 spiro atoms. The van der Waals surface area contributed by atoms with Gasteiger partial charge in [0.1, 0.15) is 0 Å². The second kappa shape index (κ2) is 8.60. The summed E-state index contributed by atoms with van der Waals surface area (Å²) >= 11 is 5.35. The number of hydrogen-bond acceptors (Lipinski definition) is 4. The molecule has 140 valence electrons. The van der Waals surface area contributed by atoms with Gasteiger partial charge in [0, 0.05) is 38.4 Å². The van der Waals surface area contributed by atoms with Gasteiger partial charge in [0.05, 0.1) is 10.9 Å². The van der Waals surface area contributed by atoms with Crippen LogP contribution >= 0.6 is 12.2 Å². The van der Waals surface area contributed by atoms with Crippen molar-refractivity contribution >= 4 is 29.0 Å². The summed E-state index contributed by atoms with van der Waals surface area (Å²) in [5.41, 5.74) is 1.08. The van der Waals surface area contributed by atoms with E-state index in [-0.39, 0.29) is 11.5 Å². The molecular weight excluding hydrogens is 350 g/mol. The number of piperidine rings is 1. The second-order valence-corrected chi connectivity index (χ2v) is 6.94. The van der Waals surface area contributed by atoms with Crippen LogP contribution in [0, 0.1) is 4.77 Å². The van der Waals surface area contributed by atoms with E-state index in [2.05, 4.69) is 4.98 Å². The Morgan fingerprint density at radius 1 is 1.27 bits per heavy atom. The molecule has 0 radical (unpaired) electrons. The van der Waals surface area contributed by atoms with Crippen LogP contribution < -0.4 is 5.56 Å². The van der Waals surface area contributed by atoms with Crippen LogP contribution in [-0.2, 0) is 11.3 Å². The molecule has 1 amide bonds. The number of aromatic amines is 1. The second-order valence-electron chi connectivity index (χ2n) is 6.55. The Balaban J connectivity index is 1.87. The van der Waals surface area contributed by atoms with Crippen molar-refractivity contribution in [2.75, 3.05) is 26.3 Å². The number of aromatic nitrogens is 2. The predicted octanol–water partition coefficient (Wildman–Crippen LogP) is 3.11. The van der Waals surface area contributed by atoms with Crippen molar-refractivity contribution in [1.29, 1.82) is 0 Å². The minimum atomic E-state index is -0.128. The van der Waals surface area contributed by atoms with Crippen LogP contribution in [0.1, 0.15) is 43.0 Å². The van der Waals surface area contributed by atoms with Crippen LogP contribution in [-0.4, -0.2) is 46.7 Å². The summed E-state index contributed by atoms with van der Waals surface area (Å²) in [5.74, 6) is 0.0202. The van der Waals surface area contributed by atoms with Gasteiger partial charge in [0.15, 0.2) is 4.77 Å². The zero-order valence-corrected chi connectivity index (χ0v) is 15.9. The molecule has 7 heteroatoms. The van der Waals surface area contributed by atoms with Crippen molar-refractivity contribution in [2.24, 2.45) is 0 Å². The van der Waals surface area contributed by atoms with Crippen LogP contribution in [0.2, 0.25) is 0 Å². The third kappa shape index (κ3) is 4.04. The molecule has 1 saturated heterocycles. The monoisotopic (exact) mass is 375 g/mol. The summed E-state index contributed by atoms with van der Waals surface area (Å²) in [5, 5.41) is 0.546. The molecule has 1 fully saturated rings. The van der Waals surface area contributed by atoms with E-state index < -0.39 is 0 Å². The number of fused-ring (bicyclic) bond motifs is 1. The Labute approximate surface area is 157 Å². The number of rotatable bonds is 6. The molecule has 2 heterocycles. The maximum absolute atomic E-state index is 12.7. The fourth-order valence-electron chi connectivity index (χ4n) is 3.34. The van der Waals surface area contributed by atoms with Gasteiger partial charge in [-0.05, 0) is 63.0 Å². The molecule has 0 bridgehead atoms. The lowest BCUT2D eigenvalue weighted by atomic mass is 10.1. The fourth-order valence-corrected chi connectivity index (χ4v) is 3.62. The number of H-pyrrole nitrogens is 1. The highest BCUT2D eigenvalue weighted by atomic mass is 32.1. The molecule has 1 N–H and O–H groups in total. The Morgan fingerprint density at radius 2 is 2.04 bits per heavy atom. The Kier molecular flexibility index (Phi) is 6.21. The number of benzene rings is 1. The quantitative estimate of drug-likeness (QED) is 0.622. The van der Waals surface area contributed by atoms with E-state index in [0.29, 0.717) is 41.0 Å². The number of nitrogens with zero attached hydrogens (tertiary/aromatic N) is 2. The minimum absolute atomic E-state index is 0.0202. The van der Waals surface area contributed by atoms with E-state index in [9.17, 15) is 9.59 Å². The van der Waals surface area contributed by atoms with Crippen LogP contribution in [0.15, 0.2) is 23.0 Å². The maximum Gasteiger partial charge on any atom is 0.262 e. The first-order chi connectivity index (χ1) is 12.6. The first kappa shape index (κ1) is 18.8. The van der Waals surface area contributed by atoms with Gasteiger partial charge in [-0.3, -0.25) is 14.2 Å². The number of ether oxygens (including phenoxy) is 1. The Hall–Kier alpha value is -1.99. The summed E-state index contributed by atoms with van der Waals surface area (Å²) in [6.45, 7) is 5.31. The first-order valence-electron chi connectivity index (χ1n) is 9.25. The summed E-state index contributed by atoms with van der Waals surface area (Å²) in [6.07, 6.45) is 4.00. The molecule has 1 aromatic carbocycles. The van der Waals surface area contributed by atoms with Crippen molar-refractivity contribution < 1.29 is 9.53 Å². The van der Waals surface area contributed by atoms with Gasteiger partial charge in [-0.2, -0.15) is 0 Å². The van der Waals surface area contributed by atoms with Gasteiger partial charge in [0.2, 0.25) is 0 Å². The van der Waals surface area contributed by atoms with Gasteiger partial charge in [-0.25, -0.2) is 0 Å². The predicted molar refractivity (Wildman–Crippen MR) is 104 cm³/mol. The number of likely N-dealkylation sites (tertiary alicyclic amines) is 1. The number of hydrogen-bond donors (Lipinski definition) is 1. The molecular formula is C19H25N3O3S. The Morgan fingerprint density at radius 3 is 2.77 bits per heavy atom. The fraction of sp³-hybridized carbons (Fsp3) is 0.526. The minimum Gasteiger partial charge on any atom is -0.382 e. The van der Waals surface area contributed by atoms with Gasteiger partial charge in [-0.15, -0.1) is 0 Å². The largest absolute Gasteiger partial charge is 0.382 e. The van der Waals surface area contributed by atoms with E-state index in [1.807, 2.05) is 11.8 Å². The molecule has 6 nitrogen and oxygen atoms in total. The summed E-state index contributed by atoms with van der Waals surface area (Å²) < 4.78 is 7.26. The third-order valence-electron chi connectivity index (χ3n) is 4.75. The van der Waals surface area contributed by atoms with Gasteiger partial charge in [0.25, 0.3) is 11.5 Å². The summed E-state index contributed by atoms with van der Waals surface area (Å²) in [6, 6.07) is 5.20. The first-order valence-corrected chi connectivity index (χ1v) is 9.66. The van der Waals surface area contributed by atoms with Crippen molar-refractivity contribution in [3.8, 4) is 0 Å². The van der Waals surface area contributed by atoms with Crippen LogP contribution in [0.3, 0.4) is 0 Å². The summed E-state index contributed by atoms with van der Waals surface area (Å²) in [7, 11) is 0. The standard InChI is InChI=1S/C19H25N3O3S/c1-2-25-12-6-11-22-18(24)15-8-7-14(13-16(15)20-19(22)26)17(23)21-9-4-3-5-10-21/h7-8,13H,2-6,9-12H2,1H3,(H,20,26). The molecule has 26 heavy (non-hydrogen) atoms. The highest BCUT2D eigenvalue weighted by Gasteiger charge is 2.19. The molecule has 0 aliphatic carbocycles. The average molecular weight is 375 g/mol. The van der Waals surface area contributed by atoms with Gasteiger partial charge in [-0.1, -0.05) is 0 Å². The zero-order chi connectivity index (χ0) is 18.5. The highest BCUT2D eigenvalue weighted by molar-refractivity contribution is 7.71. The van der Waals surface area contributed by atoms with E-state index in [4.69, 9.17) is 17.0 Å². The van der Waals surface area contributed by atoms with E-state index in [1.165, 1.54) is 6.42 Å². The van der Waals surface area contributed by atoms with E-state index >= 15 is 0 Å². The normalized spacial score (nSPS) is 14.7. The van der Waals surface area contributed by atoms with Crippen molar-refractivity contribution in [3.05, 3.63) is 38.9 Å². The molecule has 1 aliphatic rings. The molecule has 0 atom stereocenters. The average Bonchev–Trinajstić information content (AvgIpc) is 2.67. The van der Waals surface area contributed by atoms with Gasteiger partial charge >= 0.3 is 0 Å². The van der Waals surface area contributed by atoms with E-state index in [0.717, 1.165) is 32.4 Å². The Bertz CT molecular complexity index is 897. The lowest BCUT2D eigenvalue weighted by Crippen LogP contribution is -2.35. The number of carbonyl (C=O) groups is 1. The number of carbonyl (C=O) groups excluding carboxylic acids is 1. The molecule has 2 aromatic rings. The molecule has 0 saturated carbocycles. The SMILES string of the molecule is CCOCCCn1c(=S)[nH]c2cc(C(=O)N3CCCCC3)ccc2c1=O. The summed E-state index contributed by atoms with van der Waals surface area (Å²) in [4.78, 5) is 30.4.